The summed E-state index contributed by atoms with van der Waals surface area (Å²) in [7, 11) is 0. The molecule has 1 unspecified atom stereocenters. The first-order valence-electron chi connectivity index (χ1n) is 8.90. The minimum atomic E-state index is -0.339. The zero-order chi connectivity index (χ0) is 20.4. The van der Waals surface area contributed by atoms with Crippen molar-refractivity contribution in [2.45, 2.75) is 13.0 Å². The summed E-state index contributed by atoms with van der Waals surface area (Å²) < 4.78 is 0. The summed E-state index contributed by atoms with van der Waals surface area (Å²) in [6.45, 7) is 1.46. The second-order valence-electron chi connectivity index (χ2n) is 6.47. The van der Waals surface area contributed by atoms with Crippen LogP contribution in [0.3, 0.4) is 0 Å². The van der Waals surface area contributed by atoms with Gasteiger partial charge in [-0.1, -0.05) is 23.7 Å². The van der Waals surface area contributed by atoms with Gasteiger partial charge in [-0.2, -0.15) is 0 Å². The van der Waals surface area contributed by atoms with Crippen molar-refractivity contribution >= 4 is 34.7 Å². The molecule has 0 fully saturated rings. The number of pyridine rings is 1. The van der Waals surface area contributed by atoms with Crippen LogP contribution < -0.4 is 11.1 Å². The number of anilines is 1. The number of amides is 1. The zero-order valence-corrected chi connectivity index (χ0v) is 17.1. The van der Waals surface area contributed by atoms with E-state index in [-0.39, 0.29) is 11.9 Å². The van der Waals surface area contributed by atoms with Gasteiger partial charge in [-0.3, -0.25) is 4.79 Å². The van der Waals surface area contributed by atoms with Crippen molar-refractivity contribution in [3.05, 3.63) is 77.2 Å². The number of thiophene rings is 1. The number of H-pyrrole nitrogens is 1. The Balaban J connectivity index is 1.78. The lowest BCUT2D eigenvalue weighted by molar-refractivity contribution is -0.114. The van der Waals surface area contributed by atoms with Gasteiger partial charge in [0, 0.05) is 35.4 Å². The Morgan fingerprint density at radius 2 is 1.97 bits per heavy atom. The van der Waals surface area contributed by atoms with E-state index in [1.165, 1.54) is 6.92 Å². The highest BCUT2D eigenvalue weighted by atomic mass is 35.5. The van der Waals surface area contributed by atoms with E-state index in [9.17, 15) is 4.79 Å². The van der Waals surface area contributed by atoms with Crippen LogP contribution in [0.2, 0.25) is 5.02 Å². The van der Waals surface area contributed by atoms with E-state index in [4.69, 9.17) is 17.3 Å². The number of nitrogens with one attached hydrogen (secondary N) is 2. The lowest BCUT2D eigenvalue weighted by Gasteiger charge is -2.12. The van der Waals surface area contributed by atoms with Gasteiger partial charge in [-0.05, 0) is 47.0 Å². The first kappa shape index (κ1) is 19.3. The maximum atomic E-state index is 11.4. The standard InChI is InChI=1S/C21H18ClN5OS/c1-12(28)27-18-10-14(6-7-24-18)17-11-16(20(29-17)21-25-8-9-26-21)19(23)13-2-4-15(22)5-3-13/h2-11,19H,23H2,1H3,(H,25,26)(H,24,27,28). The van der Waals surface area contributed by atoms with E-state index in [1.807, 2.05) is 36.4 Å². The molecule has 29 heavy (non-hydrogen) atoms. The fourth-order valence-corrected chi connectivity index (χ4v) is 4.32. The zero-order valence-electron chi connectivity index (χ0n) is 15.5. The molecule has 4 rings (SSSR count). The molecule has 146 valence electrons. The number of nitrogens with two attached hydrogens (primary N) is 1. The van der Waals surface area contributed by atoms with Crippen LogP contribution in [0.1, 0.15) is 24.1 Å². The number of imidazole rings is 1. The van der Waals surface area contributed by atoms with Crippen molar-refractivity contribution in [3.8, 4) is 21.1 Å². The number of hydrogen-bond acceptors (Lipinski definition) is 5. The molecule has 0 aliphatic carbocycles. The lowest BCUT2D eigenvalue weighted by Crippen LogP contribution is -2.11. The number of aromatic amines is 1. The van der Waals surface area contributed by atoms with Gasteiger partial charge < -0.3 is 16.0 Å². The molecule has 0 aliphatic heterocycles. The fourth-order valence-electron chi connectivity index (χ4n) is 3.04. The fraction of sp³-hybridized carbons (Fsp3) is 0.0952. The third-order valence-electron chi connectivity index (χ3n) is 4.39. The predicted molar refractivity (Wildman–Crippen MR) is 117 cm³/mol. The van der Waals surface area contributed by atoms with Crippen LogP contribution in [-0.2, 0) is 4.79 Å². The molecule has 0 spiro atoms. The molecule has 1 atom stereocenters. The summed E-state index contributed by atoms with van der Waals surface area (Å²) in [6, 6.07) is 13.0. The second kappa shape index (κ2) is 8.16. The highest BCUT2D eigenvalue weighted by Crippen LogP contribution is 2.41. The molecule has 4 N–H and O–H groups in total. The number of carbonyl (C=O) groups excluding carboxylic acids is 1. The summed E-state index contributed by atoms with van der Waals surface area (Å²) in [6.07, 6.45) is 5.17. The summed E-state index contributed by atoms with van der Waals surface area (Å²) in [5.41, 5.74) is 9.47. The Morgan fingerprint density at radius 3 is 2.66 bits per heavy atom. The molecular weight excluding hydrogens is 406 g/mol. The van der Waals surface area contributed by atoms with E-state index in [0.29, 0.717) is 10.8 Å². The minimum absolute atomic E-state index is 0.164. The van der Waals surface area contributed by atoms with E-state index in [0.717, 1.165) is 32.3 Å². The van der Waals surface area contributed by atoms with Crippen molar-refractivity contribution in [1.29, 1.82) is 0 Å². The summed E-state index contributed by atoms with van der Waals surface area (Å²) in [5, 5.41) is 3.38. The largest absolute Gasteiger partial charge is 0.344 e. The Bertz CT molecular complexity index is 1140. The molecule has 8 heteroatoms. The van der Waals surface area contributed by atoms with Crippen molar-refractivity contribution in [2.75, 3.05) is 5.32 Å². The number of nitrogens with zero attached hydrogens (tertiary/aromatic N) is 2. The van der Waals surface area contributed by atoms with Crippen molar-refractivity contribution in [1.82, 2.24) is 15.0 Å². The highest BCUT2D eigenvalue weighted by molar-refractivity contribution is 7.19. The smallest absolute Gasteiger partial charge is 0.222 e. The topological polar surface area (TPSA) is 96.7 Å². The molecule has 1 aromatic carbocycles. The Labute approximate surface area is 176 Å². The van der Waals surface area contributed by atoms with Crippen LogP contribution in [0.25, 0.3) is 21.1 Å². The third kappa shape index (κ3) is 4.22. The van der Waals surface area contributed by atoms with Gasteiger partial charge in [0.1, 0.15) is 11.6 Å². The summed E-state index contributed by atoms with van der Waals surface area (Å²) >= 11 is 7.60. The molecule has 4 aromatic rings. The van der Waals surface area contributed by atoms with E-state index in [2.05, 4.69) is 26.3 Å². The van der Waals surface area contributed by atoms with Crippen LogP contribution >= 0.6 is 22.9 Å². The molecule has 0 radical (unpaired) electrons. The van der Waals surface area contributed by atoms with E-state index >= 15 is 0 Å². The SMILES string of the molecule is CC(=O)Nc1cc(-c2cc(C(N)c3ccc(Cl)cc3)c(-c3ncc[nH]3)s2)ccn1. The lowest BCUT2D eigenvalue weighted by atomic mass is 9.99. The molecular formula is C21H18ClN5OS. The van der Waals surface area contributed by atoms with Crippen LogP contribution in [0.5, 0.6) is 0 Å². The van der Waals surface area contributed by atoms with Gasteiger partial charge in [-0.15, -0.1) is 11.3 Å². The number of hydrogen-bond donors (Lipinski definition) is 3. The number of benzene rings is 1. The first-order chi connectivity index (χ1) is 14.0. The Morgan fingerprint density at radius 1 is 1.17 bits per heavy atom. The quantitative estimate of drug-likeness (QED) is 0.427. The van der Waals surface area contributed by atoms with Crippen LogP contribution in [0.4, 0.5) is 5.82 Å². The van der Waals surface area contributed by atoms with Gasteiger partial charge in [0.25, 0.3) is 0 Å². The minimum Gasteiger partial charge on any atom is -0.344 e. The number of rotatable bonds is 5. The summed E-state index contributed by atoms with van der Waals surface area (Å²) in [4.78, 5) is 25.1. The second-order valence-corrected chi connectivity index (χ2v) is 7.96. The molecule has 0 aliphatic rings. The van der Waals surface area contributed by atoms with E-state index < -0.39 is 0 Å². The van der Waals surface area contributed by atoms with Gasteiger partial charge in [0.2, 0.25) is 5.91 Å². The number of halogens is 1. The molecule has 1 amide bonds. The molecule has 0 saturated carbocycles. The summed E-state index contributed by atoms with van der Waals surface area (Å²) in [5.74, 6) is 1.10. The Hall–Kier alpha value is -3.00. The van der Waals surface area contributed by atoms with Gasteiger partial charge in [-0.25, -0.2) is 9.97 Å². The molecule has 6 nitrogen and oxygen atoms in total. The van der Waals surface area contributed by atoms with Crippen molar-refractivity contribution in [3.63, 3.8) is 0 Å². The normalized spacial score (nSPS) is 12.0. The van der Waals surface area contributed by atoms with Gasteiger partial charge >= 0.3 is 0 Å². The molecule has 0 saturated heterocycles. The van der Waals surface area contributed by atoms with Gasteiger partial charge in [0.15, 0.2) is 0 Å². The third-order valence-corrected chi connectivity index (χ3v) is 5.85. The highest BCUT2D eigenvalue weighted by Gasteiger charge is 2.20. The molecule has 3 heterocycles. The maximum absolute atomic E-state index is 11.4. The maximum Gasteiger partial charge on any atom is 0.222 e. The van der Waals surface area contributed by atoms with Crippen LogP contribution in [0.15, 0.2) is 61.1 Å². The van der Waals surface area contributed by atoms with Crippen molar-refractivity contribution in [2.24, 2.45) is 5.73 Å². The van der Waals surface area contributed by atoms with Gasteiger partial charge in [0.05, 0.1) is 10.9 Å². The predicted octanol–water partition coefficient (Wildman–Crippen LogP) is 4.86. The monoisotopic (exact) mass is 423 g/mol. The average Bonchev–Trinajstić information content (AvgIpc) is 3.37. The molecule has 0 bridgehead atoms. The average molecular weight is 424 g/mol. The van der Waals surface area contributed by atoms with E-state index in [1.54, 1.807) is 29.9 Å². The molecule has 3 aromatic heterocycles. The Kier molecular flexibility index (Phi) is 5.44. The number of carbonyl (C=O) groups is 1. The van der Waals surface area contributed by atoms with Crippen molar-refractivity contribution < 1.29 is 4.79 Å². The first-order valence-corrected chi connectivity index (χ1v) is 10.1. The number of aromatic nitrogens is 3. The van der Waals surface area contributed by atoms with Crippen LogP contribution in [0, 0.1) is 0 Å². The van der Waals surface area contributed by atoms with Crippen LogP contribution in [-0.4, -0.2) is 20.9 Å².